The summed E-state index contributed by atoms with van der Waals surface area (Å²) in [5.74, 6) is -7.15. The van der Waals surface area contributed by atoms with Crippen molar-refractivity contribution in [2.45, 2.75) is 82.1 Å². The number of carbonyl (C=O) groups is 8. The number of esters is 6. The van der Waals surface area contributed by atoms with Gasteiger partial charge in [-0.1, -0.05) is 66.7 Å². The molecule has 2 fully saturated rings. The first kappa shape index (κ1) is 47.6. The van der Waals surface area contributed by atoms with Crippen LogP contribution in [0, 0.1) is 0 Å². The van der Waals surface area contributed by atoms with Gasteiger partial charge < -0.3 is 47.4 Å². The van der Waals surface area contributed by atoms with Crippen LogP contribution in [0.3, 0.4) is 0 Å². The van der Waals surface area contributed by atoms with Crippen LogP contribution in [0.1, 0.15) is 72.6 Å². The Balaban J connectivity index is 1.39. The number of rotatable bonds is 15. The Hall–Kier alpha value is -7.32. The van der Waals surface area contributed by atoms with Crippen molar-refractivity contribution in [1.29, 1.82) is 0 Å². The maximum atomic E-state index is 14.4. The molecule has 67 heavy (non-hydrogen) atoms. The predicted octanol–water partition coefficient (Wildman–Crippen LogP) is 3.87. The third kappa shape index (κ3) is 10.9. The normalized spacial score (nSPS) is 25.5. The largest absolute Gasteiger partial charge is 0.463 e. The molecule has 3 aliphatic heterocycles. The first-order valence-electron chi connectivity index (χ1n) is 20.9. The Morgan fingerprint density at radius 1 is 0.478 bits per heavy atom. The molecule has 4 aromatic rings. The lowest BCUT2D eigenvalue weighted by Crippen LogP contribution is -2.70. The maximum Gasteiger partial charge on any atom is 0.338 e. The molecule has 19 heteroatoms. The van der Waals surface area contributed by atoms with Gasteiger partial charge in [-0.15, -0.1) is 0 Å². The summed E-state index contributed by atoms with van der Waals surface area (Å²) in [7, 11) is 1.22. The maximum absolute atomic E-state index is 14.4. The number of hydrogen-bond acceptors (Lipinski definition) is 18. The van der Waals surface area contributed by atoms with Crippen molar-refractivity contribution in [2.24, 2.45) is 0 Å². The fourth-order valence-corrected chi connectivity index (χ4v) is 7.88. The van der Waals surface area contributed by atoms with Gasteiger partial charge in [-0.3, -0.25) is 28.9 Å². The van der Waals surface area contributed by atoms with Crippen molar-refractivity contribution in [3.8, 4) is 0 Å². The van der Waals surface area contributed by atoms with E-state index in [4.69, 9.17) is 47.4 Å². The van der Waals surface area contributed by atoms with E-state index < -0.39 is 122 Å². The topological polar surface area (TPSA) is 232 Å². The minimum atomic E-state index is -2.00. The first-order chi connectivity index (χ1) is 32.2. The van der Waals surface area contributed by atoms with Crippen LogP contribution in [0.4, 0.5) is 0 Å². The van der Waals surface area contributed by atoms with E-state index in [1.165, 1.54) is 67.8 Å². The summed E-state index contributed by atoms with van der Waals surface area (Å²) >= 11 is 0. The summed E-state index contributed by atoms with van der Waals surface area (Å²) in [5.41, 5.74) is 0.181. The van der Waals surface area contributed by atoms with Crippen LogP contribution in [0.15, 0.2) is 115 Å². The Kier molecular flexibility index (Phi) is 15.2. The van der Waals surface area contributed by atoms with Gasteiger partial charge in [-0.05, 0) is 48.5 Å². The van der Waals surface area contributed by atoms with Crippen LogP contribution in [0.5, 0.6) is 0 Å². The monoisotopic (exact) mass is 923 g/mol. The molecule has 0 aliphatic carbocycles. The molecule has 10 atom stereocenters. The molecular weight excluding hydrogens is 879 g/mol. The zero-order valence-corrected chi connectivity index (χ0v) is 36.5. The Morgan fingerprint density at radius 2 is 0.910 bits per heavy atom. The van der Waals surface area contributed by atoms with Gasteiger partial charge in [0.05, 0.1) is 27.8 Å². The van der Waals surface area contributed by atoms with Crippen LogP contribution >= 0.6 is 0 Å². The molecule has 0 N–H and O–H groups in total. The summed E-state index contributed by atoms with van der Waals surface area (Å²) in [4.78, 5) is 109. The fourth-order valence-electron chi connectivity index (χ4n) is 7.88. The van der Waals surface area contributed by atoms with E-state index in [-0.39, 0.29) is 27.8 Å². The lowest BCUT2D eigenvalue weighted by molar-refractivity contribution is -0.346. The number of fused-ring (bicyclic) bond motifs is 1. The zero-order chi connectivity index (χ0) is 47.8. The average Bonchev–Trinajstić information content (AvgIpc) is 3.57. The smallest absolute Gasteiger partial charge is 0.338 e. The van der Waals surface area contributed by atoms with E-state index in [1.54, 1.807) is 54.6 Å². The van der Waals surface area contributed by atoms with E-state index in [9.17, 15) is 38.4 Å². The van der Waals surface area contributed by atoms with Gasteiger partial charge in [-0.25, -0.2) is 14.4 Å². The molecule has 19 nitrogen and oxygen atoms in total. The molecule has 3 aliphatic rings. The van der Waals surface area contributed by atoms with Gasteiger partial charge >= 0.3 is 35.8 Å². The van der Waals surface area contributed by atoms with Gasteiger partial charge in [0, 0.05) is 27.9 Å². The van der Waals surface area contributed by atoms with E-state index in [1.807, 2.05) is 0 Å². The standard InChI is InChI=1S/C48H45NO18/c1-26(50)59-24-34-37(61-27(2)51)39(62-28(3)52)36(49-42(53)32-22-14-15-23-33(32)43(49)54)47(63-34)67-38-35(25-60-44(55)29-16-8-5-9-17-29)64-48(58-4)41(66-46(57)31-20-12-7-13-21-31)40(38)65-45(56)30-18-10-6-11-19-30/h5-23,34-41,47-48H,24-25H2,1-4H3/t34-,35-,36-,37-,38-,39-,40+,41-,47+,48+/m1/s1. The Labute approximate surface area is 383 Å². The number of hydrogen-bond donors (Lipinski definition) is 0. The summed E-state index contributed by atoms with van der Waals surface area (Å²) in [6, 6.07) is 27.4. The van der Waals surface area contributed by atoms with E-state index in [0.717, 1.165) is 20.8 Å². The minimum Gasteiger partial charge on any atom is -0.463 e. The first-order valence-corrected chi connectivity index (χ1v) is 20.9. The average molecular weight is 924 g/mol. The number of imide groups is 1. The summed E-state index contributed by atoms with van der Waals surface area (Å²) < 4.78 is 60.0. The highest BCUT2D eigenvalue weighted by Crippen LogP contribution is 2.39. The third-order valence-corrected chi connectivity index (χ3v) is 10.8. The van der Waals surface area contributed by atoms with Crippen molar-refractivity contribution in [2.75, 3.05) is 20.3 Å². The molecular formula is C48H45NO18. The molecule has 0 bridgehead atoms. The van der Waals surface area contributed by atoms with Crippen LogP contribution in [0.2, 0.25) is 0 Å². The number of nitrogens with zero attached hydrogens (tertiary/aromatic N) is 1. The predicted molar refractivity (Wildman–Crippen MR) is 226 cm³/mol. The molecule has 2 amide bonds. The number of amides is 2. The second-order valence-electron chi connectivity index (χ2n) is 15.3. The third-order valence-electron chi connectivity index (χ3n) is 10.8. The molecule has 0 spiro atoms. The molecule has 4 aromatic carbocycles. The lowest BCUT2D eigenvalue weighted by Gasteiger charge is -2.50. The molecule has 0 radical (unpaired) electrons. The van der Waals surface area contributed by atoms with Gasteiger partial charge in [0.15, 0.2) is 37.0 Å². The van der Waals surface area contributed by atoms with Gasteiger partial charge in [0.2, 0.25) is 0 Å². The quantitative estimate of drug-likeness (QED) is 0.0935. The highest BCUT2D eigenvalue weighted by molar-refractivity contribution is 6.21. The van der Waals surface area contributed by atoms with E-state index in [0.29, 0.717) is 4.90 Å². The van der Waals surface area contributed by atoms with E-state index in [2.05, 4.69) is 0 Å². The highest BCUT2D eigenvalue weighted by Gasteiger charge is 2.60. The molecule has 350 valence electrons. The molecule has 0 unspecified atom stereocenters. The Morgan fingerprint density at radius 3 is 1.40 bits per heavy atom. The minimum absolute atomic E-state index is 0.0420. The van der Waals surface area contributed by atoms with Crippen LogP contribution in [-0.4, -0.2) is 134 Å². The van der Waals surface area contributed by atoms with Gasteiger partial charge in [0.25, 0.3) is 11.8 Å². The molecule has 3 heterocycles. The second kappa shape index (κ2) is 21.3. The van der Waals surface area contributed by atoms with Gasteiger partial charge in [0.1, 0.15) is 37.6 Å². The van der Waals surface area contributed by atoms with E-state index >= 15 is 0 Å². The number of carbonyl (C=O) groups excluding carboxylic acids is 8. The second-order valence-corrected chi connectivity index (χ2v) is 15.3. The molecule has 0 aromatic heterocycles. The summed E-state index contributed by atoms with van der Waals surface area (Å²) in [5, 5.41) is 0. The van der Waals surface area contributed by atoms with Gasteiger partial charge in [-0.2, -0.15) is 0 Å². The Bertz CT molecular complexity index is 2430. The highest BCUT2D eigenvalue weighted by atomic mass is 16.8. The van der Waals surface area contributed by atoms with Crippen molar-refractivity contribution in [3.05, 3.63) is 143 Å². The zero-order valence-electron chi connectivity index (χ0n) is 36.5. The van der Waals surface area contributed by atoms with Crippen molar-refractivity contribution in [3.63, 3.8) is 0 Å². The molecule has 0 saturated carbocycles. The SMILES string of the molecule is CO[C@H]1O[C@H](COC(=O)c2ccccc2)[C@@H](O[C@@H]2O[C@H](COC(C)=O)[C@@H](OC(C)=O)[C@H](OC(C)=O)[C@H]2N2C(=O)c3ccccc3C2=O)[C@H](OC(=O)c2ccccc2)[C@H]1OC(=O)c1ccccc1. The number of benzene rings is 4. The van der Waals surface area contributed by atoms with Crippen molar-refractivity contribution in [1.82, 2.24) is 4.90 Å². The summed E-state index contributed by atoms with van der Waals surface area (Å²) in [6.45, 7) is 1.84. The molecule has 2 saturated heterocycles. The van der Waals surface area contributed by atoms with Crippen LogP contribution < -0.4 is 0 Å². The summed E-state index contributed by atoms with van der Waals surface area (Å²) in [6.07, 6.45) is -15.3. The van der Waals surface area contributed by atoms with Crippen molar-refractivity contribution >= 4 is 47.6 Å². The fraction of sp³-hybridized carbons (Fsp3) is 0.333. The number of ether oxygens (including phenoxy) is 10. The van der Waals surface area contributed by atoms with Crippen molar-refractivity contribution < 1.29 is 85.7 Å². The lowest BCUT2D eigenvalue weighted by atomic mass is 9.93. The van der Waals surface area contributed by atoms with Crippen LogP contribution in [0.25, 0.3) is 0 Å². The van der Waals surface area contributed by atoms with Crippen LogP contribution in [-0.2, 0) is 61.8 Å². The number of methoxy groups -OCH3 is 1. The molecule has 7 rings (SSSR count).